The first-order chi connectivity index (χ1) is 11.9. The third-order valence-corrected chi connectivity index (χ3v) is 5.67. The third kappa shape index (κ3) is 3.07. The van der Waals surface area contributed by atoms with Gasteiger partial charge in [0.25, 0.3) is 5.91 Å². The van der Waals surface area contributed by atoms with E-state index < -0.39 is 5.92 Å². The van der Waals surface area contributed by atoms with E-state index in [1.165, 1.54) is 0 Å². The van der Waals surface area contributed by atoms with Crippen LogP contribution >= 0.6 is 0 Å². The van der Waals surface area contributed by atoms with Crippen LogP contribution in [0.3, 0.4) is 0 Å². The minimum Gasteiger partial charge on any atom is -0.338 e. The highest BCUT2D eigenvalue weighted by Crippen LogP contribution is 2.48. The molecule has 0 radical (unpaired) electrons. The van der Waals surface area contributed by atoms with Gasteiger partial charge < -0.3 is 15.5 Å². The molecule has 1 aromatic rings. The second-order valence-corrected chi connectivity index (χ2v) is 7.47. The number of piperidine rings is 1. The molecule has 5 nitrogen and oxygen atoms in total. The predicted octanol–water partition coefficient (Wildman–Crippen LogP) is 2.49. The van der Waals surface area contributed by atoms with Gasteiger partial charge in [-0.1, -0.05) is 12.1 Å². The van der Waals surface area contributed by atoms with Gasteiger partial charge in [0.15, 0.2) is 0 Å². The normalized spacial score (nSPS) is 24.6. The minimum atomic E-state index is -2.56. The zero-order valence-electron chi connectivity index (χ0n) is 13.9. The van der Waals surface area contributed by atoms with Crippen molar-refractivity contribution in [3.05, 3.63) is 35.4 Å². The van der Waals surface area contributed by atoms with E-state index in [1.54, 1.807) is 23.1 Å². The van der Waals surface area contributed by atoms with Gasteiger partial charge in [-0.3, -0.25) is 4.79 Å². The van der Waals surface area contributed by atoms with Crippen molar-refractivity contribution in [3.63, 3.8) is 0 Å². The van der Waals surface area contributed by atoms with Crippen LogP contribution in [0.25, 0.3) is 0 Å². The smallest absolute Gasteiger partial charge is 0.315 e. The van der Waals surface area contributed by atoms with Crippen molar-refractivity contribution in [2.75, 3.05) is 19.6 Å². The van der Waals surface area contributed by atoms with Gasteiger partial charge in [0.05, 0.1) is 5.54 Å². The number of halogens is 2. The number of rotatable bonds is 2. The summed E-state index contributed by atoms with van der Waals surface area (Å²) in [6.45, 7) is 1.75. The Morgan fingerprint density at radius 2 is 1.92 bits per heavy atom. The van der Waals surface area contributed by atoms with Gasteiger partial charge in [0.2, 0.25) is 5.92 Å². The highest BCUT2D eigenvalue weighted by Gasteiger charge is 2.46. The number of likely N-dealkylation sites (tertiary alicyclic amines) is 1. The molecule has 0 atom stereocenters. The van der Waals surface area contributed by atoms with Crippen molar-refractivity contribution >= 4 is 11.9 Å². The summed E-state index contributed by atoms with van der Waals surface area (Å²) >= 11 is 0. The summed E-state index contributed by atoms with van der Waals surface area (Å²) in [6.07, 6.45) is 1.16. The van der Waals surface area contributed by atoms with Crippen LogP contribution in [0.2, 0.25) is 0 Å². The molecule has 134 valence electrons. The number of benzene rings is 1. The molecule has 2 saturated heterocycles. The Labute approximate surface area is 144 Å². The van der Waals surface area contributed by atoms with Crippen LogP contribution in [0.5, 0.6) is 0 Å². The van der Waals surface area contributed by atoms with Gasteiger partial charge in [-0.25, -0.2) is 13.6 Å². The monoisotopic (exact) mass is 349 g/mol. The molecule has 3 fully saturated rings. The van der Waals surface area contributed by atoms with Crippen LogP contribution in [-0.2, 0) is 0 Å². The first kappa shape index (κ1) is 16.3. The molecule has 1 aliphatic carbocycles. The van der Waals surface area contributed by atoms with Gasteiger partial charge in [-0.15, -0.1) is 0 Å². The standard InChI is InChI=1S/C18H21F2N3O2/c19-18(20)9-14(10-18)12-2-1-3-13(8-12)15(24)23-6-4-17(5-7-23)11-21-16(25)22-17/h1-3,8,14H,4-7,9-11H2,(H2,21,22,25). The molecule has 0 bridgehead atoms. The number of alkyl halides is 2. The Bertz CT molecular complexity index is 706. The molecule has 2 aliphatic heterocycles. The molecule has 1 saturated carbocycles. The van der Waals surface area contributed by atoms with E-state index in [4.69, 9.17) is 0 Å². The number of carbonyl (C=O) groups is 2. The van der Waals surface area contributed by atoms with E-state index in [0.29, 0.717) is 38.0 Å². The van der Waals surface area contributed by atoms with Crippen molar-refractivity contribution in [1.29, 1.82) is 0 Å². The number of hydrogen-bond donors (Lipinski definition) is 2. The van der Waals surface area contributed by atoms with E-state index >= 15 is 0 Å². The predicted molar refractivity (Wildman–Crippen MR) is 87.8 cm³/mol. The number of amides is 3. The Hall–Kier alpha value is -2.18. The average molecular weight is 349 g/mol. The maximum Gasteiger partial charge on any atom is 0.315 e. The molecule has 3 aliphatic rings. The quantitative estimate of drug-likeness (QED) is 0.862. The lowest BCUT2D eigenvalue weighted by Gasteiger charge is -2.38. The maximum atomic E-state index is 13.1. The summed E-state index contributed by atoms with van der Waals surface area (Å²) in [4.78, 5) is 25.9. The Kier molecular flexibility index (Phi) is 3.70. The lowest BCUT2D eigenvalue weighted by molar-refractivity contribution is -0.0867. The molecule has 7 heteroatoms. The lowest BCUT2D eigenvalue weighted by Crippen LogP contribution is -2.53. The summed E-state index contributed by atoms with van der Waals surface area (Å²) in [5.74, 6) is -2.79. The van der Waals surface area contributed by atoms with Crippen molar-refractivity contribution in [3.8, 4) is 0 Å². The Balaban J connectivity index is 1.41. The molecule has 1 spiro atoms. The van der Waals surface area contributed by atoms with Crippen molar-refractivity contribution in [2.45, 2.75) is 43.1 Å². The fourth-order valence-corrected chi connectivity index (χ4v) is 4.02. The van der Waals surface area contributed by atoms with E-state index in [1.807, 2.05) is 6.07 Å². The van der Waals surface area contributed by atoms with Crippen molar-refractivity contribution in [2.24, 2.45) is 0 Å². The van der Waals surface area contributed by atoms with Crippen molar-refractivity contribution < 1.29 is 18.4 Å². The molecular weight excluding hydrogens is 328 g/mol. The van der Waals surface area contributed by atoms with Gasteiger partial charge in [-0.2, -0.15) is 0 Å². The SMILES string of the molecule is O=C1NCC2(CCN(C(=O)c3cccc(C4CC(F)(F)C4)c3)CC2)N1. The first-order valence-electron chi connectivity index (χ1n) is 8.69. The largest absolute Gasteiger partial charge is 0.338 e. The van der Waals surface area contributed by atoms with E-state index in [0.717, 1.165) is 5.56 Å². The number of nitrogens with zero attached hydrogens (tertiary/aromatic N) is 1. The van der Waals surface area contributed by atoms with Gasteiger partial charge >= 0.3 is 6.03 Å². The van der Waals surface area contributed by atoms with Crippen LogP contribution in [-0.4, -0.2) is 47.9 Å². The van der Waals surface area contributed by atoms with E-state index in [9.17, 15) is 18.4 Å². The van der Waals surface area contributed by atoms with Crippen LogP contribution in [0.4, 0.5) is 13.6 Å². The fraction of sp³-hybridized carbons (Fsp3) is 0.556. The number of carbonyl (C=O) groups excluding carboxylic acids is 2. The zero-order chi connectivity index (χ0) is 17.7. The fourth-order valence-electron chi connectivity index (χ4n) is 4.02. The molecule has 25 heavy (non-hydrogen) atoms. The summed E-state index contributed by atoms with van der Waals surface area (Å²) in [6, 6.07) is 6.94. The summed E-state index contributed by atoms with van der Waals surface area (Å²) in [5, 5.41) is 5.74. The number of hydrogen-bond acceptors (Lipinski definition) is 2. The molecular formula is C18H21F2N3O2. The Morgan fingerprint density at radius 3 is 2.52 bits per heavy atom. The summed E-state index contributed by atoms with van der Waals surface area (Å²) < 4.78 is 26.2. The zero-order valence-corrected chi connectivity index (χ0v) is 13.9. The minimum absolute atomic E-state index is 0.0694. The van der Waals surface area contributed by atoms with Gasteiger partial charge in [0, 0.05) is 38.0 Å². The van der Waals surface area contributed by atoms with Crippen LogP contribution in [0.1, 0.15) is 47.5 Å². The molecule has 2 N–H and O–H groups in total. The molecule has 0 aromatic heterocycles. The third-order valence-electron chi connectivity index (χ3n) is 5.67. The number of urea groups is 1. The first-order valence-corrected chi connectivity index (χ1v) is 8.69. The molecule has 0 unspecified atom stereocenters. The maximum absolute atomic E-state index is 13.1. The molecule has 2 heterocycles. The number of nitrogens with one attached hydrogen (secondary N) is 2. The van der Waals surface area contributed by atoms with E-state index in [2.05, 4.69) is 10.6 Å². The Morgan fingerprint density at radius 1 is 1.20 bits per heavy atom. The van der Waals surface area contributed by atoms with Gasteiger partial charge in [-0.05, 0) is 36.5 Å². The molecule has 1 aromatic carbocycles. The average Bonchev–Trinajstić information content (AvgIpc) is 2.93. The summed E-state index contributed by atoms with van der Waals surface area (Å²) in [5.41, 5.74) is 1.13. The second-order valence-electron chi connectivity index (χ2n) is 7.47. The van der Waals surface area contributed by atoms with Crippen molar-refractivity contribution in [1.82, 2.24) is 15.5 Å². The van der Waals surface area contributed by atoms with Crippen LogP contribution < -0.4 is 10.6 Å². The molecule has 4 rings (SSSR count). The van der Waals surface area contributed by atoms with Crippen LogP contribution in [0, 0.1) is 0 Å². The summed E-state index contributed by atoms with van der Waals surface area (Å²) in [7, 11) is 0. The second kappa shape index (κ2) is 5.68. The lowest BCUT2D eigenvalue weighted by atomic mass is 9.76. The van der Waals surface area contributed by atoms with Crippen LogP contribution in [0.15, 0.2) is 24.3 Å². The topological polar surface area (TPSA) is 61.4 Å². The highest BCUT2D eigenvalue weighted by atomic mass is 19.3. The van der Waals surface area contributed by atoms with Gasteiger partial charge in [0.1, 0.15) is 0 Å². The highest BCUT2D eigenvalue weighted by molar-refractivity contribution is 5.94. The molecule has 3 amide bonds. The van der Waals surface area contributed by atoms with E-state index in [-0.39, 0.29) is 36.2 Å².